The molecule has 0 aliphatic rings. The number of hydrogen-bond acceptors (Lipinski definition) is 2. The minimum Gasteiger partial charge on any atom is -0.373 e. The Morgan fingerprint density at radius 3 is 2.00 bits per heavy atom. The standard InChI is InChI=1S/CH4N3S/c2-1(5)4-3/h3H2,(H2,2,4). The van der Waals surface area contributed by atoms with Crippen molar-refractivity contribution in [3.63, 3.8) is 0 Å². The third-order valence-electron chi connectivity index (χ3n) is 0.127. The first kappa shape index (κ1) is 4.49. The topological polar surface area (TPSA) is 64.4 Å². The van der Waals surface area contributed by atoms with Gasteiger partial charge in [0.2, 0.25) is 5.17 Å². The summed E-state index contributed by atoms with van der Waals surface area (Å²) in [6, 6.07) is 0. The molecule has 0 heterocycles. The van der Waals surface area contributed by atoms with Crippen molar-refractivity contribution >= 4 is 17.8 Å². The molecule has 1 radical (unpaired) electrons. The molecular formula is CH4N3S. The van der Waals surface area contributed by atoms with Crippen molar-refractivity contribution in [1.82, 2.24) is 0 Å². The van der Waals surface area contributed by atoms with Gasteiger partial charge in [0.1, 0.15) is 0 Å². The van der Waals surface area contributed by atoms with E-state index in [0.29, 0.717) is 0 Å². The van der Waals surface area contributed by atoms with Crippen LogP contribution in [-0.2, 0) is 0 Å². The molecule has 0 fully saturated rings. The van der Waals surface area contributed by atoms with Crippen LogP contribution in [0.15, 0.2) is 5.10 Å². The maximum Gasteiger partial charge on any atom is 0.208 e. The van der Waals surface area contributed by atoms with Crippen LogP contribution in [-0.4, -0.2) is 5.17 Å². The zero-order valence-electron chi connectivity index (χ0n) is 2.51. The second kappa shape index (κ2) is 1.78. The molecule has 3 nitrogen and oxygen atoms in total. The van der Waals surface area contributed by atoms with Gasteiger partial charge in [-0.05, 0) is 12.6 Å². The van der Waals surface area contributed by atoms with E-state index in [1.807, 2.05) is 0 Å². The van der Waals surface area contributed by atoms with Gasteiger partial charge in [0.25, 0.3) is 0 Å². The number of amidine groups is 1. The molecule has 0 saturated carbocycles. The molecule has 4 heteroatoms. The molecule has 0 aromatic carbocycles. The van der Waals surface area contributed by atoms with Crippen molar-refractivity contribution in [3.05, 3.63) is 0 Å². The van der Waals surface area contributed by atoms with E-state index in [2.05, 4.69) is 23.6 Å². The van der Waals surface area contributed by atoms with E-state index >= 15 is 0 Å². The Hall–Kier alpha value is -0.510. The van der Waals surface area contributed by atoms with Crippen LogP contribution in [0.1, 0.15) is 0 Å². The average molecular weight is 90.1 g/mol. The predicted molar refractivity (Wildman–Crippen MR) is 23.4 cm³/mol. The number of nitrogens with zero attached hydrogens (tertiary/aromatic N) is 1. The van der Waals surface area contributed by atoms with Gasteiger partial charge >= 0.3 is 0 Å². The Balaban J connectivity index is 3.14. The molecule has 0 aromatic rings. The molecule has 0 aliphatic heterocycles. The fourth-order valence-corrected chi connectivity index (χ4v) is 0. The van der Waals surface area contributed by atoms with Gasteiger partial charge in [-0.2, -0.15) is 5.10 Å². The molecule has 5 heavy (non-hydrogen) atoms. The second-order valence-corrected chi connectivity index (χ2v) is 0.886. The highest BCUT2D eigenvalue weighted by Gasteiger charge is 1.67. The molecule has 0 aliphatic carbocycles. The van der Waals surface area contributed by atoms with Crippen LogP contribution in [0.5, 0.6) is 0 Å². The first-order valence-electron chi connectivity index (χ1n) is 0.975. The van der Waals surface area contributed by atoms with Crippen LogP contribution in [0.25, 0.3) is 0 Å². The Morgan fingerprint density at radius 2 is 2.00 bits per heavy atom. The van der Waals surface area contributed by atoms with Gasteiger partial charge in [0.05, 0.1) is 0 Å². The van der Waals surface area contributed by atoms with Crippen LogP contribution in [0, 0.1) is 0 Å². The van der Waals surface area contributed by atoms with Crippen molar-refractivity contribution in [3.8, 4) is 0 Å². The molecule has 0 saturated heterocycles. The number of rotatable bonds is 0. The summed E-state index contributed by atoms with van der Waals surface area (Å²) < 4.78 is 0. The molecule has 0 rings (SSSR count). The van der Waals surface area contributed by atoms with Crippen LogP contribution in [0.4, 0.5) is 0 Å². The van der Waals surface area contributed by atoms with Crippen LogP contribution in [0.2, 0.25) is 0 Å². The molecule has 0 amide bonds. The largest absolute Gasteiger partial charge is 0.373 e. The maximum absolute atomic E-state index is 4.73. The number of hydrogen-bond donors (Lipinski definition) is 2. The van der Waals surface area contributed by atoms with Gasteiger partial charge in [-0.15, -0.1) is 0 Å². The Morgan fingerprint density at radius 1 is 1.80 bits per heavy atom. The molecule has 0 atom stereocenters. The van der Waals surface area contributed by atoms with Gasteiger partial charge in [0.15, 0.2) is 0 Å². The van der Waals surface area contributed by atoms with Crippen molar-refractivity contribution in [2.75, 3.05) is 0 Å². The zero-order chi connectivity index (χ0) is 4.28. The Labute approximate surface area is 35.4 Å². The van der Waals surface area contributed by atoms with E-state index in [4.69, 9.17) is 5.73 Å². The maximum atomic E-state index is 4.73. The molecule has 0 aromatic heterocycles. The minimum absolute atomic E-state index is 0.00926. The van der Waals surface area contributed by atoms with Crippen molar-refractivity contribution in [2.45, 2.75) is 0 Å². The summed E-state index contributed by atoms with van der Waals surface area (Å²) >= 11 is 4.18. The second-order valence-electron chi connectivity index (χ2n) is 0.467. The fraction of sp³-hybridized carbons (Fsp3) is 0. The highest BCUT2D eigenvalue weighted by atomic mass is 32.1. The van der Waals surface area contributed by atoms with E-state index < -0.39 is 0 Å². The summed E-state index contributed by atoms with van der Waals surface area (Å²) in [5, 5.41) is 2.89. The van der Waals surface area contributed by atoms with E-state index in [-0.39, 0.29) is 5.17 Å². The highest BCUT2D eigenvalue weighted by Crippen LogP contribution is 1.62. The average Bonchev–Trinajstić information content (AvgIpc) is 1.38. The van der Waals surface area contributed by atoms with Crippen LogP contribution < -0.4 is 11.6 Å². The third-order valence-corrected chi connectivity index (χ3v) is 0.233. The normalized spacial score (nSPS) is 11.6. The Kier molecular flexibility index (Phi) is 1.60. The summed E-state index contributed by atoms with van der Waals surface area (Å²) in [5.74, 6) is 4.53. The number of nitrogens with two attached hydrogens (primary N) is 2. The van der Waals surface area contributed by atoms with E-state index in [1.54, 1.807) is 0 Å². The lowest BCUT2D eigenvalue weighted by Gasteiger charge is -1.72. The summed E-state index contributed by atoms with van der Waals surface area (Å²) in [6.07, 6.45) is 0. The molecule has 0 unspecified atom stereocenters. The third kappa shape index (κ3) is 3.49. The van der Waals surface area contributed by atoms with Gasteiger partial charge in [-0.1, -0.05) is 0 Å². The van der Waals surface area contributed by atoms with Crippen LogP contribution >= 0.6 is 12.6 Å². The fourth-order valence-electron chi connectivity index (χ4n) is 0. The van der Waals surface area contributed by atoms with E-state index in [9.17, 15) is 0 Å². The molecule has 4 N–H and O–H groups in total. The first-order valence-corrected chi connectivity index (χ1v) is 1.38. The van der Waals surface area contributed by atoms with Gasteiger partial charge < -0.3 is 11.6 Å². The summed E-state index contributed by atoms with van der Waals surface area (Å²) in [7, 11) is 0. The Bertz CT molecular complexity index is 44.9. The van der Waals surface area contributed by atoms with E-state index in [1.165, 1.54) is 0 Å². The first-order chi connectivity index (χ1) is 2.27. The van der Waals surface area contributed by atoms with Crippen LogP contribution in [0.3, 0.4) is 0 Å². The van der Waals surface area contributed by atoms with Crippen molar-refractivity contribution in [2.24, 2.45) is 16.7 Å². The van der Waals surface area contributed by atoms with Crippen molar-refractivity contribution in [1.29, 1.82) is 0 Å². The lowest BCUT2D eigenvalue weighted by atomic mass is 11.4. The zero-order valence-corrected chi connectivity index (χ0v) is 3.33. The van der Waals surface area contributed by atoms with Gasteiger partial charge in [-0.25, -0.2) is 0 Å². The highest BCUT2D eigenvalue weighted by molar-refractivity contribution is 7.96. The van der Waals surface area contributed by atoms with Gasteiger partial charge in [0, 0.05) is 0 Å². The lowest BCUT2D eigenvalue weighted by Crippen LogP contribution is -2.04. The SMILES string of the molecule is N/N=C(/N)[S]. The molecule has 0 bridgehead atoms. The quantitative estimate of drug-likeness (QED) is 0.180. The summed E-state index contributed by atoms with van der Waals surface area (Å²) in [4.78, 5) is 0. The smallest absolute Gasteiger partial charge is 0.208 e. The van der Waals surface area contributed by atoms with E-state index in [0.717, 1.165) is 0 Å². The summed E-state index contributed by atoms with van der Waals surface area (Å²) in [6.45, 7) is 0. The van der Waals surface area contributed by atoms with Gasteiger partial charge in [-0.3, -0.25) is 0 Å². The minimum atomic E-state index is -0.00926. The molecular weight excluding hydrogens is 86.1 g/mol. The lowest BCUT2D eigenvalue weighted by molar-refractivity contribution is 1.25. The summed E-state index contributed by atoms with van der Waals surface area (Å²) in [5.41, 5.74) is 4.73. The molecule has 29 valence electrons. The van der Waals surface area contributed by atoms with Crippen molar-refractivity contribution < 1.29 is 0 Å². The number of hydrazone groups is 1. The monoisotopic (exact) mass is 90.0 g/mol. The predicted octanol–water partition coefficient (Wildman–Crippen LogP) is -0.628. The molecule has 0 spiro atoms.